The first-order valence-corrected chi connectivity index (χ1v) is 8.22. The lowest BCUT2D eigenvalue weighted by Crippen LogP contribution is -2.44. The molecule has 5 heteroatoms. The van der Waals surface area contributed by atoms with Crippen LogP contribution in [0, 0.1) is 0 Å². The van der Waals surface area contributed by atoms with Crippen molar-refractivity contribution in [3.05, 3.63) is 53.6 Å². The zero-order chi connectivity index (χ0) is 16.5. The summed E-state index contributed by atoms with van der Waals surface area (Å²) < 4.78 is 10.6. The van der Waals surface area contributed by atoms with Gasteiger partial charge in [-0.25, -0.2) is 0 Å². The average molecular weight is 324 g/mol. The lowest BCUT2D eigenvalue weighted by Gasteiger charge is -2.32. The third-order valence-corrected chi connectivity index (χ3v) is 4.73. The molecular formula is C19H20N2O3. The van der Waals surface area contributed by atoms with Gasteiger partial charge in [-0.1, -0.05) is 24.3 Å². The van der Waals surface area contributed by atoms with E-state index in [4.69, 9.17) is 9.47 Å². The lowest BCUT2D eigenvalue weighted by molar-refractivity contribution is -0.121. The van der Waals surface area contributed by atoms with E-state index in [-0.39, 0.29) is 18.7 Å². The van der Waals surface area contributed by atoms with Crippen molar-refractivity contribution in [1.82, 2.24) is 4.90 Å². The van der Waals surface area contributed by atoms with Crippen LogP contribution in [0.4, 0.5) is 5.69 Å². The molecule has 2 aromatic carbocycles. The van der Waals surface area contributed by atoms with Gasteiger partial charge in [0.2, 0.25) is 12.7 Å². The molecule has 2 aliphatic rings. The average Bonchev–Trinajstić information content (AvgIpc) is 3.08. The summed E-state index contributed by atoms with van der Waals surface area (Å²) in [4.78, 5) is 14.8. The smallest absolute Gasteiger partial charge is 0.241 e. The predicted molar refractivity (Wildman–Crippen MR) is 91.2 cm³/mol. The van der Waals surface area contributed by atoms with Gasteiger partial charge in [0, 0.05) is 24.8 Å². The lowest BCUT2D eigenvalue weighted by atomic mass is 9.99. The fourth-order valence-corrected chi connectivity index (χ4v) is 3.23. The topological polar surface area (TPSA) is 50.8 Å². The highest BCUT2D eigenvalue weighted by molar-refractivity contribution is 5.94. The Bertz CT molecular complexity index is 775. The van der Waals surface area contributed by atoms with Gasteiger partial charge in [-0.05, 0) is 36.6 Å². The molecule has 0 aliphatic carbocycles. The van der Waals surface area contributed by atoms with Crippen LogP contribution < -0.4 is 14.8 Å². The molecule has 1 unspecified atom stereocenters. The number of anilines is 1. The SMILES string of the molecule is CC(C(=O)Nc1ccc2c(c1)OCO2)N1CCc2ccccc2C1. The first-order valence-electron chi connectivity index (χ1n) is 8.22. The van der Waals surface area contributed by atoms with E-state index < -0.39 is 0 Å². The number of benzene rings is 2. The number of amides is 1. The molecule has 2 heterocycles. The Hall–Kier alpha value is -2.53. The number of hydrogen-bond donors (Lipinski definition) is 1. The summed E-state index contributed by atoms with van der Waals surface area (Å²) in [5.74, 6) is 1.38. The van der Waals surface area contributed by atoms with Crippen molar-refractivity contribution in [1.29, 1.82) is 0 Å². The molecule has 0 radical (unpaired) electrons. The number of hydrogen-bond acceptors (Lipinski definition) is 4. The molecule has 0 bridgehead atoms. The van der Waals surface area contributed by atoms with E-state index in [1.54, 1.807) is 6.07 Å². The van der Waals surface area contributed by atoms with Crippen LogP contribution in [0.2, 0.25) is 0 Å². The maximum absolute atomic E-state index is 12.6. The Morgan fingerprint density at radius 2 is 1.92 bits per heavy atom. The number of nitrogens with one attached hydrogen (secondary N) is 1. The van der Waals surface area contributed by atoms with Crippen LogP contribution in [0.1, 0.15) is 18.1 Å². The highest BCUT2D eigenvalue weighted by atomic mass is 16.7. The van der Waals surface area contributed by atoms with E-state index in [9.17, 15) is 4.79 Å². The molecule has 1 atom stereocenters. The van der Waals surface area contributed by atoms with Crippen molar-refractivity contribution in [2.24, 2.45) is 0 Å². The first kappa shape index (κ1) is 15.0. The van der Waals surface area contributed by atoms with Crippen molar-refractivity contribution in [3.8, 4) is 11.5 Å². The number of ether oxygens (including phenoxy) is 2. The van der Waals surface area contributed by atoms with E-state index in [0.29, 0.717) is 11.5 Å². The molecule has 0 aromatic heterocycles. The van der Waals surface area contributed by atoms with Crippen molar-refractivity contribution in [3.63, 3.8) is 0 Å². The van der Waals surface area contributed by atoms with Gasteiger partial charge in [-0.2, -0.15) is 0 Å². The summed E-state index contributed by atoms with van der Waals surface area (Å²) >= 11 is 0. The standard InChI is InChI=1S/C19H20N2O3/c1-13(21-9-8-14-4-2-3-5-15(14)11-21)19(22)20-16-6-7-17-18(10-16)24-12-23-17/h2-7,10,13H,8-9,11-12H2,1H3,(H,20,22). The number of carbonyl (C=O) groups excluding carboxylic acids is 1. The highest BCUT2D eigenvalue weighted by Gasteiger charge is 2.25. The minimum absolute atomic E-state index is 0.00625. The van der Waals surface area contributed by atoms with Crippen LogP contribution in [0.15, 0.2) is 42.5 Å². The Labute approximate surface area is 141 Å². The number of carbonyl (C=O) groups is 1. The van der Waals surface area contributed by atoms with Crippen LogP contribution in [-0.4, -0.2) is 30.2 Å². The number of fused-ring (bicyclic) bond motifs is 2. The minimum atomic E-state index is -0.191. The summed E-state index contributed by atoms with van der Waals surface area (Å²) in [6.07, 6.45) is 0.984. The van der Waals surface area contributed by atoms with Gasteiger partial charge in [0.25, 0.3) is 0 Å². The highest BCUT2D eigenvalue weighted by Crippen LogP contribution is 2.34. The molecule has 1 amide bonds. The molecule has 0 saturated heterocycles. The van der Waals surface area contributed by atoms with E-state index in [1.165, 1.54) is 11.1 Å². The molecule has 2 aromatic rings. The van der Waals surface area contributed by atoms with Gasteiger partial charge in [-0.15, -0.1) is 0 Å². The fraction of sp³-hybridized carbons (Fsp3) is 0.316. The van der Waals surface area contributed by atoms with Crippen molar-refractivity contribution in [2.45, 2.75) is 25.9 Å². The molecular weight excluding hydrogens is 304 g/mol. The summed E-state index contributed by atoms with van der Waals surface area (Å²) in [6, 6.07) is 13.7. The summed E-state index contributed by atoms with van der Waals surface area (Å²) in [6.45, 7) is 3.89. The van der Waals surface area contributed by atoms with Crippen LogP contribution in [0.3, 0.4) is 0 Å². The maximum atomic E-state index is 12.6. The molecule has 124 valence electrons. The van der Waals surface area contributed by atoms with Crippen LogP contribution in [-0.2, 0) is 17.8 Å². The molecule has 0 fully saturated rings. The second-order valence-corrected chi connectivity index (χ2v) is 6.22. The van der Waals surface area contributed by atoms with E-state index in [0.717, 1.165) is 25.2 Å². The van der Waals surface area contributed by atoms with Crippen molar-refractivity contribution in [2.75, 3.05) is 18.7 Å². The fourth-order valence-electron chi connectivity index (χ4n) is 3.23. The number of rotatable bonds is 3. The normalized spacial score (nSPS) is 17.2. The van der Waals surface area contributed by atoms with E-state index >= 15 is 0 Å². The predicted octanol–water partition coefficient (Wildman–Crippen LogP) is 2.80. The van der Waals surface area contributed by atoms with Gasteiger partial charge in [0.1, 0.15) is 0 Å². The molecule has 4 rings (SSSR count). The molecule has 24 heavy (non-hydrogen) atoms. The first-order chi connectivity index (χ1) is 11.7. The third-order valence-electron chi connectivity index (χ3n) is 4.73. The quantitative estimate of drug-likeness (QED) is 0.943. The maximum Gasteiger partial charge on any atom is 0.241 e. The second-order valence-electron chi connectivity index (χ2n) is 6.22. The van der Waals surface area contributed by atoms with E-state index in [1.807, 2.05) is 19.1 Å². The zero-order valence-corrected chi connectivity index (χ0v) is 13.6. The van der Waals surface area contributed by atoms with Crippen LogP contribution in [0.5, 0.6) is 11.5 Å². The van der Waals surface area contributed by atoms with Gasteiger partial charge in [0.15, 0.2) is 11.5 Å². The largest absolute Gasteiger partial charge is 0.454 e. The molecule has 1 N–H and O–H groups in total. The van der Waals surface area contributed by atoms with Gasteiger partial charge in [0.05, 0.1) is 6.04 Å². The second kappa shape index (κ2) is 6.17. The molecule has 0 saturated carbocycles. The zero-order valence-electron chi connectivity index (χ0n) is 13.6. The van der Waals surface area contributed by atoms with Crippen molar-refractivity contribution < 1.29 is 14.3 Å². The Kier molecular flexibility index (Phi) is 3.86. The monoisotopic (exact) mass is 324 g/mol. The number of nitrogens with zero attached hydrogens (tertiary/aromatic N) is 1. The van der Waals surface area contributed by atoms with Crippen LogP contribution in [0.25, 0.3) is 0 Å². The Balaban J connectivity index is 1.43. The molecule has 2 aliphatic heterocycles. The Morgan fingerprint density at radius 3 is 2.79 bits per heavy atom. The molecule has 0 spiro atoms. The summed E-state index contributed by atoms with van der Waals surface area (Å²) in [5.41, 5.74) is 3.43. The molecule has 5 nitrogen and oxygen atoms in total. The minimum Gasteiger partial charge on any atom is -0.454 e. The van der Waals surface area contributed by atoms with Gasteiger partial charge >= 0.3 is 0 Å². The summed E-state index contributed by atoms with van der Waals surface area (Å²) in [7, 11) is 0. The summed E-state index contributed by atoms with van der Waals surface area (Å²) in [5, 5.41) is 2.98. The van der Waals surface area contributed by atoms with E-state index in [2.05, 4.69) is 34.5 Å². The van der Waals surface area contributed by atoms with Crippen molar-refractivity contribution >= 4 is 11.6 Å². The third kappa shape index (κ3) is 2.83. The van der Waals surface area contributed by atoms with Gasteiger partial charge in [-0.3, -0.25) is 9.69 Å². The Morgan fingerprint density at radius 1 is 1.12 bits per heavy atom. The van der Waals surface area contributed by atoms with Gasteiger partial charge < -0.3 is 14.8 Å². The van der Waals surface area contributed by atoms with Crippen LogP contribution >= 0.6 is 0 Å².